The van der Waals surface area contributed by atoms with Gasteiger partial charge in [0.1, 0.15) is 0 Å². The molecule has 0 aromatic heterocycles. The van der Waals surface area contributed by atoms with E-state index in [4.69, 9.17) is 0 Å². The quantitative estimate of drug-likeness (QED) is 0.664. The summed E-state index contributed by atoms with van der Waals surface area (Å²) in [5.74, 6) is 0. The Kier molecular flexibility index (Phi) is 9.20. The zero-order valence-electron chi connectivity index (χ0n) is 11.4. The zero-order chi connectivity index (χ0) is 11.8. The normalized spacial score (nSPS) is 10.4. The highest BCUT2D eigenvalue weighted by Crippen LogP contribution is 2.12. The first-order valence-corrected chi connectivity index (χ1v) is 6.39. The number of unbranched alkanes of at least 4 members (excludes halogenated alkanes) is 3. The largest absolute Gasteiger partial charge is 0.309 e. The van der Waals surface area contributed by atoms with Crippen LogP contribution in [0.25, 0.3) is 0 Å². The van der Waals surface area contributed by atoms with Crippen LogP contribution in [0, 0.1) is 6.92 Å². The molecular formula is C15H26ClN. The molecule has 98 valence electrons. The van der Waals surface area contributed by atoms with E-state index in [-0.39, 0.29) is 12.4 Å². The SMILES string of the molecule is Cc1ccccc1CCCCCCN(C)C.Cl. The molecular weight excluding hydrogens is 230 g/mol. The second-order valence-corrected chi connectivity index (χ2v) is 4.89. The van der Waals surface area contributed by atoms with Crippen molar-refractivity contribution in [3.63, 3.8) is 0 Å². The fourth-order valence-corrected chi connectivity index (χ4v) is 1.99. The summed E-state index contributed by atoms with van der Waals surface area (Å²) in [6, 6.07) is 8.74. The van der Waals surface area contributed by atoms with Crippen molar-refractivity contribution in [2.45, 2.75) is 39.0 Å². The molecule has 0 aliphatic carbocycles. The summed E-state index contributed by atoms with van der Waals surface area (Å²) in [7, 11) is 4.29. The summed E-state index contributed by atoms with van der Waals surface area (Å²) in [6.45, 7) is 3.44. The van der Waals surface area contributed by atoms with Crippen molar-refractivity contribution >= 4 is 12.4 Å². The molecule has 0 spiro atoms. The monoisotopic (exact) mass is 255 g/mol. The summed E-state index contributed by atoms with van der Waals surface area (Å²) < 4.78 is 0. The lowest BCUT2D eigenvalue weighted by molar-refractivity contribution is 0.390. The second-order valence-electron chi connectivity index (χ2n) is 4.89. The number of benzene rings is 1. The standard InChI is InChI=1S/C15H25N.ClH/c1-14-10-7-8-12-15(14)11-6-4-5-9-13-16(2)3;/h7-8,10,12H,4-6,9,11,13H2,1-3H3;1H. The van der Waals surface area contributed by atoms with Gasteiger partial charge >= 0.3 is 0 Å². The van der Waals surface area contributed by atoms with Crippen molar-refractivity contribution in [2.75, 3.05) is 20.6 Å². The highest BCUT2D eigenvalue weighted by atomic mass is 35.5. The van der Waals surface area contributed by atoms with Crippen LogP contribution < -0.4 is 0 Å². The fourth-order valence-electron chi connectivity index (χ4n) is 1.99. The maximum atomic E-state index is 2.27. The van der Waals surface area contributed by atoms with E-state index in [0.717, 1.165) is 0 Å². The van der Waals surface area contributed by atoms with Gasteiger partial charge in [-0.3, -0.25) is 0 Å². The average molecular weight is 256 g/mol. The lowest BCUT2D eigenvalue weighted by Gasteiger charge is -2.09. The summed E-state index contributed by atoms with van der Waals surface area (Å²) in [5, 5.41) is 0. The number of rotatable bonds is 7. The van der Waals surface area contributed by atoms with Crippen molar-refractivity contribution in [1.82, 2.24) is 4.90 Å². The molecule has 0 saturated heterocycles. The van der Waals surface area contributed by atoms with E-state index in [2.05, 4.69) is 50.2 Å². The van der Waals surface area contributed by atoms with Crippen LogP contribution in [0.2, 0.25) is 0 Å². The molecule has 2 heteroatoms. The Labute approximate surface area is 113 Å². The molecule has 0 amide bonds. The number of hydrogen-bond donors (Lipinski definition) is 0. The van der Waals surface area contributed by atoms with Gasteiger partial charge in [-0.2, -0.15) is 0 Å². The second kappa shape index (κ2) is 9.49. The van der Waals surface area contributed by atoms with Crippen molar-refractivity contribution in [2.24, 2.45) is 0 Å². The Morgan fingerprint density at radius 3 is 2.24 bits per heavy atom. The van der Waals surface area contributed by atoms with E-state index in [1.165, 1.54) is 49.8 Å². The van der Waals surface area contributed by atoms with E-state index in [0.29, 0.717) is 0 Å². The minimum atomic E-state index is 0. The van der Waals surface area contributed by atoms with Crippen LogP contribution in [0.4, 0.5) is 0 Å². The maximum Gasteiger partial charge on any atom is -0.00248 e. The number of halogens is 1. The summed E-state index contributed by atoms with van der Waals surface area (Å²) >= 11 is 0. The van der Waals surface area contributed by atoms with Crippen LogP contribution >= 0.6 is 12.4 Å². The highest BCUT2D eigenvalue weighted by molar-refractivity contribution is 5.85. The Balaban J connectivity index is 0.00000256. The fraction of sp³-hybridized carbons (Fsp3) is 0.600. The first kappa shape index (κ1) is 16.5. The molecule has 0 atom stereocenters. The highest BCUT2D eigenvalue weighted by Gasteiger charge is 1.97. The van der Waals surface area contributed by atoms with Gasteiger partial charge in [-0.15, -0.1) is 12.4 Å². The van der Waals surface area contributed by atoms with E-state index in [9.17, 15) is 0 Å². The number of nitrogens with zero attached hydrogens (tertiary/aromatic N) is 1. The van der Waals surface area contributed by atoms with Gasteiger partial charge < -0.3 is 4.90 Å². The number of aryl methyl sites for hydroxylation is 2. The molecule has 0 heterocycles. The van der Waals surface area contributed by atoms with Crippen LogP contribution in [-0.4, -0.2) is 25.5 Å². The smallest absolute Gasteiger partial charge is 0.00248 e. The first-order valence-electron chi connectivity index (χ1n) is 6.39. The van der Waals surface area contributed by atoms with Gasteiger partial charge in [-0.1, -0.05) is 37.1 Å². The molecule has 1 aromatic rings. The van der Waals surface area contributed by atoms with Gasteiger partial charge in [-0.05, 0) is 58.0 Å². The van der Waals surface area contributed by atoms with E-state index < -0.39 is 0 Å². The predicted molar refractivity (Wildman–Crippen MR) is 79.2 cm³/mol. The summed E-state index contributed by atoms with van der Waals surface area (Å²) in [6.07, 6.45) is 6.64. The van der Waals surface area contributed by atoms with Crippen LogP contribution in [0.1, 0.15) is 36.8 Å². The minimum Gasteiger partial charge on any atom is -0.309 e. The first-order chi connectivity index (χ1) is 7.70. The molecule has 1 nitrogen and oxygen atoms in total. The molecule has 1 rings (SSSR count). The molecule has 0 N–H and O–H groups in total. The predicted octanol–water partition coefficient (Wildman–Crippen LogP) is 4.08. The molecule has 0 aliphatic rings. The topological polar surface area (TPSA) is 3.24 Å². The van der Waals surface area contributed by atoms with Crippen LogP contribution in [0.15, 0.2) is 24.3 Å². The van der Waals surface area contributed by atoms with Gasteiger partial charge in [-0.25, -0.2) is 0 Å². The molecule has 0 radical (unpaired) electrons. The van der Waals surface area contributed by atoms with Gasteiger partial charge in [0, 0.05) is 0 Å². The Hall–Kier alpha value is -0.530. The van der Waals surface area contributed by atoms with Gasteiger partial charge in [0.25, 0.3) is 0 Å². The van der Waals surface area contributed by atoms with E-state index >= 15 is 0 Å². The molecule has 1 aromatic carbocycles. The Morgan fingerprint density at radius 1 is 0.941 bits per heavy atom. The maximum absolute atomic E-state index is 2.27. The van der Waals surface area contributed by atoms with Crippen molar-refractivity contribution < 1.29 is 0 Å². The average Bonchev–Trinajstić information content (AvgIpc) is 2.25. The van der Waals surface area contributed by atoms with Gasteiger partial charge in [0.2, 0.25) is 0 Å². The molecule has 0 aliphatic heterocycles. The molecule has 17 heavy (non-hydrogen) atoms. The zero-order valence-corrected chi connectivity index (χ0v) is 12.2. The lowest BCUT2D eigenvalue weighted by atomic mass is 10.0. The molecule has 0 fully saturated rings. The molecule has 0 unspecified atom stereocenters. The Morgan fingerprint density at radius 2 is 1.59 bits per heavy atom. The van der Waals surface area contributed by atoms with Gasteiger partial charge in [0.15, 0.2) is 0 Å². The van der Waals surface area contributed by atoms with E-state index in [1.807, 2.05) is 0 Å². The van der Waals surface area contributed by atoms with Crippen molar-refractivity contribution in [3.05, 3.63) is 35.4 Å². The van der Waals surface area contributed by atoms with Gasteiger partial charge in [0.05, 0.1) is 0 Å². The molecule has 0 saturated carbocycles. The lowest BCUT2D eigenvalue weighted by Crippen LogP contribution is -2.12. The summed E-state index contributed by atoms with van der Waals surface area (Å²) in [5.41, 5.74) is 2.96. The van der Waals surface area contributed by atoms with E-state index in [1.54, 1.807) is 0 Å². The van der Waals surface area contributed by atoms with Crippen LogP contribution in [-0.2, 0) is 6.42 Å². The van der Waals surface area contributed by atoms with Crippen molar-refractivity contribution in [3.8, 4) is 0 Å². The third-order valence-corrected chi connectivity index (χ3v) is 3.06. The third-order valence-electron chi connectivity index (χ3n) is 3.06. The number of hydrogen-bond acceptors (Lipinski definition) is 1. The summed E-state index contributed by atoms with van der Waals surface area (Å²) in [4.78, 5) is 2.27. The molecule has 0 bridgehead atoms. The third kappa shape index (κ3) is 7.40. The van der Waals surface area contributed by atoms with Crippen LogP contribution in [0.3, 0.4) is 0 Å². The minimum absolute atomic E-state index is 0. The Bertz CT molecular complexity index is 297. The van der Waals surface area contributed by atoms with Crippen molar-refractivity contribution in [1.29, 1.82) is 0 Å². The van der Waals surface area contributed by atoms with Crippen LogP contribution in [0.5, 0.6) is 0 Å².